The molecule has 0 saturated heterocycles. The molecule has 0 heterocycles. The van der Waals surface area contributed by atoms with E-state index in [2.05, 4.69) is 0 Å². The quantitative estimate of drug-likeness (QED) is 0.601. The van der Waals surface area contributed by atoms with Gasteiger partial charge in [0.2, 0.25) is 0 Å². The number of ether oxygens (including phenoxy) is 1. The van der Waals surface area contributed by atoms with E-state index in [0.29, 0.717) is 5.92 Å². The molecule has 1 radical (unpaired) electrons. The van der Waals surface area contributed by atoms with Gasteiger partial charge in [0.1, 0.15) is 5.60 Å². The monoisotopic (exact) mass is 195 g/mol. The van der Waals surface area contributed by atoms with Gasteiger partial charge >= 0.3 is 5.97 Å². The topological polar surface area (TPSA) is 26.3 Å². The van der Waals surface area contributed by atoms with E-state index < -0.39 is 0 Å². The number of esters is 1. The van der Waals surface area contributed by atoms with Crippen molar-refractivity contribution in [2.24, 2.45) is 11.8 Å². The minimum atomic E-state index is -0.341. The van der Waals surface area contributed by atoms with Crippen LogP contribution in [-0.4, -0.2) is 11.6 Å². The molecule has 2 unspecified atom stereocenters. The number of hydrogen-bond acceptors (Lipinski definition) is 2. The normalized spacial score (nSPS) is 32.2. The van der Waals surface area contributed by atoms with E-state index in [9.17, 15) is 4.79 Å². The predicted molar refractivity (Wildman–Crippen MR) is 54.5 cm³/mol. The average Bonchev–Trinajstić information content (AvgIpc) is 2.59. The van der Waals surface area contributed by atoms with Crippen LogP contribution in [-0.2, 0) is 9.53 Å². The third-order valence-corrected chi connectivity index (χ3v) is 3.20. The largest absolute Gasteiger partial charge is 0.460 e. The summed E-state index contributed by atoms with van der Waals surface area (Å²) in [4.78, 5) is 11.8. The van der Waals surface area contributed by atoms with Gasteiger partial charge in [-0.2, -0.15) is 0 Å². The second-order valence-electron chi connectivity index (χ2n) is 5.61. The number of carbonyl (C=O) groups excluding carboxylic acids is 1. The summed E-state index contributed by atoms with van der Waals surface area (Å²) in [5.41, 5.74) is -0.341. The van der Waals surface area contributed by atoms with E-state index in [0.717, 1.165) is 18.3 Å². The molecule has 2 heteroatoms. The zero-order valence-corrected chi connectivity index (χ0v) is 9.30. The zero-order chi connectivity index (χ0) is 10.3. The van der Waals surface area contributed by atoms with E-state index >= 15 is 0 Å². The lowest BCUT2D eigenvalue weighted by atomic mass is 9.89. The molecule has 79 valence electrons. The summed E-state index contributed by atoms with van der Waals surface area (Å²) in [6.07, 6.45) is 4.75. The van der Waals surface area contributed by atoms with E-state index in [1.54, 1.807) is 0 Å². The van der Waals surface area contributed by atoms with Gasteiger partial charge in [0, 0.05) is 0 Å². The maximum atomic E-state index is 11.8. The van der Waals surface area contributed by atoms with Crippen LogP contribution in [0.3, 0.4) is 0 Å². The number of rotatable bonds is 1. The van der Waals surface area contributed by atoms with Crippen LogP contribution < -0.4 is 0 Å². The number of hydrogen-bond donors (Lipinski definition) is 0. The van der Waals surface area contributed by atoms with Gasteiger partial charge in [0.05, 0.1) is 5.92 Å². The molecule has 2 nitrogen and oxygen atoms in total. The summed E-state index contributed by atoms with van der Waals surface area (Å²) >= 11 is 0. The molecule has 14 heavy (non-hydrogen) atoms. The lowest BCUT2D eigenvalue weighted by molar-refractivity contribution is -0.153. The average molecular weight is 195 g/mol. The third-order valence-electron chi connectivity index (χ3n) is 3.20. The molecular weight excluding hydrogens is 176 g/mol. The first kappa shape index (κ1) is 10.0. The molecule has 0 amide bonds. The first-order valence-electron chi connectivity index (χ1n) is 5.55. The Bertz CT molecular complexity index is 239. The zero-order valence-electron chi connectivity index (χ0n) is 9.30. The van der Waals surface area contributed by atoms with Crippen molar-refractivity contribution in [2.75, 3.05) is 0 Å². The molecule has 2 saturated carbocycles. The van der Waals surface area contributed by atoms with E-state index in [4.69, 9.17) is 4.74 Å². The van der Waals surface area contributed by atoms with Crippen LogP contribution in [0.25, 0.3) is 0 Å². The molecule has 0 aromatic rings. The summed E-state index contributed by atoms with van der Waals surface area (Å²) < 4.78 is 5.40. The Balaban J connectivity index is 1.93. The van der Waals surface area contributed by atoms with Gasteiger partial charge in [-0.25, -0.2) is 0 Å². The van der Waals surface area contributed by atoms with Crippen LogP contribution in [0.1, 0.15) is 46.5 Å². The van der Waals surface area contributed by atoms with Gasteiger partial charge in [-0.15, -0.1) is 0 Å². The highest BCUT2D eigenvalue weighted by atomic mass is 16.6. The van der Waals surface area contributed by atoms with Crippen LogP contribution in [0, 0.1) is 17.8 Å². The molecule has 2 aliphatic rings. The molecule has 0 spiro atoms. The molecule has 2 atom stereocenters. The van der Waals surface area contributed by atoms with Gasteiger partial charge in [0.15, 0.2) is 0 Å². The Kier molecular flexibility index (Phi) is 2.32. The lowest BCUT2D eigenvalue weighted by Crippen LogP contribution is -2.29. The van der Waals surface area contributed by atoms with Crippen molar-refractivity contribution in [3.63, 3.8) is 0 Å². The summed E-state index contributed by atoms with van der Waals surface area (Å²) in [7, 11) is 0. The fourth-order valence-electron chi connectivity index (χ4n) is 2.65. The number of carbonyl (C=O) groups is 1. The first-order valence-corrected chi connectivity index (χ1v) is 5.55. The molecule has 0 aromatic carbocycles. The smallest absolute Gasteiger partial charge is 0.314 e. The summed E-state index contributed by atoms with van der Waals surface area (Å²) in [5, 5.41) is 0. The van der Waals surface area contributed by atoms with Crippen LogP contribution in [0.5, 0.6) is 0 Å². The predicted octanol–water partition coefficient (Wildman–Crippen LogP) is 2.72. The van der Waals surface area contributed by atoms with E-state index in [1.165, 1.54) is 19.3 Å². The number of fused-ring (bicyclic) bond motifs is 2. The maximum Gasteiger partial charge on any atom is 0.314 e. The maximum absolute atomic E-state index is 11.8. The third kappa shape index (κ3) is 1.94. The van der Waals surface area contributed by atoms with Gasteiger partial charge in [0.25, 0.3) is 0 Å². The summed E-state index contributed by atoms with van der Waals surface area (Å²) in [6, 6.07) is 0. The van der Waals surface area contributed by atoms with Crippen molar-refractivity contribution in [3.8, 4) is 0 Å². The Hall–Kier alpha value is -0.530. The fraction of sp³-hybridized carbons (Fsp3) is 0.833. The molecule has 0 N–H and O–H groups in total. The van der Waals surface area contributed by atoms with Gasteiger partial charge in [-0.1, -0.05) is 6.42 Å². The van der Waals surface area contributed by atoms with Crippen molar-refractivity contribution in [1.29, 1.82) is 0 Å². The second-order valence-corrected chi connectivity index (χ2v) is 5.61. The fourth-order valence-corrected chi connectivity index (χ4v) is 2.65. The molecule has 2 rings (SSSR count). The summed E-state index contributed by atoms with van der Waals surface area (Å²) in [5.74, 6) is 2.36. The molecule has 0 aromatic heterocycles. The van der Waals surface area contributed by atoms with E-state index in [1.807, 2.05) is 20.8 Å². The Labute approximate surface area is 86.0 Å². The Morgan fingerprint density at radius 3 is 2.50 bits per heavy atom. The summed E-state index contributed by atoms with van der Waals surface area (Å²) in [6.45, 7) is 5.79. The van der Waals surface area contributed by atoms with Gasteiger partial charge in [-0.3, -0.25) is 4.79 Å². The van der Waals surface area contributed by atoms with Crippen molar-refractivity contribution < 1.29 is 9.53 Å². The minimum absolute atomic E-state index is 0.0373. The first-order chi connectivity index (χ1) is 6.46. The van der Waals surface area contributed by atoms with Gasteiger partial charge in [-0.05, 0) is 51.9 Å². The van der Waals surface area contributed by atoms with E-state index in [-0.39, 0.29) is 11.6 Å². The SMILES string of the molecule is CC(C)(C)OC(=O)[C]1CC2CCC1C2. The highest BCUT2D eigenvalue weighted by Gasteiger charge is 2.45. The molecule has 0 aliphatic heterocycles. The van der Waals surface area contributed by atoms with Gasteiger partial charge < -0.3 is 4.74 Å². The van der Waals surface area contributed by atoms with Crippen LogP contribution in [0.2, 0.25) is 0 Å². The standard InChI is InChI=1S/C12H19O2/c1-12(2,3)14-11(13)10-7-8-4-5-9(10)6-8/h8-9H,4-7H2,1-3H3. The Morgan fingerprint density at radius 2 is 2.07 bits per heavy atom. The van der Waals surface area contributed by atoms with Crippen LogP contribution in [0.15, 0.2) is 0 Å². The molecule has 2 fully saturated rings. The minimum Gasteiger partial charge on any atom is -0.460 e. The lowest BCUT2D eigenvalue weighted by Gasteiger charge is -2.25. The highest BCUT2D eigenvalue weighted by Crippen LogP contribution is 2.50. The van der Waals surface area contributed by atoms with Crippen molar-refractivity contribution in [1.82, 2.24) is 0 Å². The van der Waals surface area contributed by atoms with Crippen LogP contribution >= 0.6 is 0 Å². The Morgan fingerprint density at radius 1 is 1.36 bits per heavy atom. The van der Waals surface area contributed by atoms with Crippen molar-refractivity contribution in [3.05, 3.63) is 5.92 Å². The molecule has 2 aliphatic carbocycles. The highest BCUT2D eigenvalue weighted by molar-refractivity contribution is 5.86. The molecular formula is C12H19O2. The van der Waals surface area contributed by atoms with Crippen LogP contribution in [0.4, 0.5) is 0 Å². The molecule has 2 bridgehead atoms. The second kappa shape index (κ2) is 3.25. The van der Waals surface area contributed by atoms with Crippen molar-refractivity contribution >= 4 is 5.97 Å². The van der Waals surface area contributed by atoms with Crippen molar-refractivity contribution in [2.45, 2.75) is 52.1 Å².